The second kappa shape index (κ2) is 6.31. The molecule has 0 saturated heterocycles. The third-order valence-electron chi connectivity index (χ3n) is 2.77. The number of carbonyl (C=O) groups excluding carboxylic acids is 1. The van der Waals surface area contributed by atoms with E-state index >= 15 is 0 Å². The number of aromatic nitrogens is 2. The van der Waals surface area contributed by atoms with E-state index in [1.54, 1.807) is 24.4 Å². The van der Waals surface area contributed by atoms with Crippen LogP contribution < -0.4 is 5.32 Å². The summed E-state index contributed by atoms with van der Waals surface area (Å²) in [4.78, 5) is 19.8. The van der Waals surface area contributed by atoms with Gasteiger partial charge in [0.05, 0.1) is 0 Å². The minimum Gasteiger partial charge on any atom is -0.306 e. The number of benzene rings is 1. The van der Waals surface area contributed by atoms with E-state index in [-0.39, 0.29) is 11.3 Å². The van der Waals surface area contributed by atoms with Gasteiger partial charge in [0.25, 0.3) is 5.91 Å². The summed E-state index contributed by atoms with van der Waals surface area (Å²) in [6.45, 7) is 6.44. The topological polar surface area (TPSA) is 54.9 Å². The van der Waals surface area contributed by atoms with Crippen LogP contribution in [0.2, 0.25) is 0 Å². The first kappa shape index (κ1) is 14.9. The number of nitrogens with zero attached hydrogens (tertiary/aromatic N) is 2. The van der Waals surface area contributed by atoms with Gasteiger partial charge in [-0.1, -0.05) is 45.1 Å². The number of allylic oxidation sites excluding steroid dienone is 1. The SMILES string of the molecule is CC(C)(C)/C=C/c1ccc(C(=O)Nc2ccncn2)cc1. The van der Waals surface area contributed by atoms with Crippen LogP contribution in [0.4, 0.5) is 5.82 Å². The lowest BCUT2D eigenvalue weighted by Crippen LogP contribution is -2.12. The first-order valence-corrected chi connectivity index (χ1v) is 6.81. The van der Waals surface area contributed by atoms with Crippen LogP contribution in [0.1, 0.15) is 36.7 Å². The van der Waals surface area contributed by atoms with Crippen molar-refractivity contribution in [2.24, 2.45) is 5.41 Å². The molecule has 0 saturated carbocycles. The predicted molar refractivity (Wildman–Crippen MR) is 84.9 cm³/mol. The first-order valence-electron chi connectivity index (χ1n) is 6.81. The summed E-state index contributed by atoms with van der Waals surface area (Å²) >= 11 is 0. The second-order valence-corrected chi connectivity index (χ2v) is 5.87. The molecule has 1 aromatic heterocycles. The molecular weight excluding hydrogens is 262 g/mol. The van der Waals surface area contributed by atoms with E-state index in [4.69, 9.17) is 0 Å². The van der Waals surface area contributed by atoms with Gasteiger partial charge in [0.1, 0.15) is 12.1 Å². The highest BCUT2D eigenvalue weighted by atomic mass is 16.1. The Morgan fingerprint density at radius 3 is 2.43 bits per heavy atom. The van der Waals surface area contributed by atoms with Gasteiger partial charge in [-0.05, 0) is 29.2 Å². The Morgan fingerprint density at radius 2 is 1.86 bits per heavy atom. The third kappa shape index (κ3) is 4.84. The molecule has 0 fully saturated rings. The fraction of sp³-hybridized carbons (Fsp3) is 0.235. The Hall–Kier alpha value is -2.49. The van der Waals surface area contributed by atoms with Crippen molar-refractivity contribution in [3.8, 4) is 0 Å². The summed E-state index contributed by atoms with van der Waals surface area (Å²) in [6.07, 6.45) is 7.19. The molecule has 0 spiro atoms. The van der Waals surface area contributed by atoms with Gasteiger partial charge < -0.3 is 5.32 Å². The average molecular weight is 281 g/mol. The van der Waals surface area contributed by atoms with Crippen molar-refractivity contribution in [1.82, 2.24) is 9.97 Å². The number of nitrogens with one attached hydrogen (secondary N) is 1. The summed E-state index contributed by atoms with van der Waals surface area (Å²) in [5.41, 5.74) is 1.81. The van der Waals surface area contributed by atoms with Crippen LogP contribution in [-0.2, 0) is 0 Å². The van der Waals surface area contributed by atoms with E-state index in [1.807, 2.05) is 12.1 Å². The zero-order chi connectivity index (χ0) is 15.3. The van der Waals surface area contributed by atoms with Crippen molar-refractivity contribution in [3.05, 3.63) is 60.1 Å². The predicted octanol–water partition coefficient (Wildman–Crippen LogP) is 3.79. The Kier molecular flexibility index (Phi) is 4.48. The van der Waals surface area contributed by atoms with Crippen LogP contribution in [0.15, 0.2) is 48.9 Å². The molecule has 1 heterocycles. The maximum Gasteiger partial charge on any atom is 0.256 e. The first-order chi connectivity index (χ1) is 9.94. The summed E-state index contributed by atoms with van der Waals surface area (Å²) in [7, 11) is 0. The van der Waals surface area contributed by atoms with Crippen molar-refractivity contribution in [2.75, 3.05) is 5.32 Å². The molecule has 0 radical (unpaired) electrons. The highest BCUT2D eigenvalue weighted by Gasteiger charge is 2.07. The molecule has 2 aromatic rings. The lowest BCUT2D eigenvalue weighted by molar-refractivity contribution is 0.102. The Labute approximate surface area is 125 Å². The number of carbonyl (C=O) groups is 1. The van der Waals surface area contributed by atoms with Gasteiger partial charge in [-0.25, -0.2) is 9.97 Å². The normalized spacial score (nSPS) is 11.6. The summed E-state index contributed by atoms with van der Waals surface area (Å²) < 4.78 is 0. The molecule has 0 atom stereocenters. The van der Waals surface area contributed by atoms with E-state index < -0.39 is 0 Å². The van der Waals surface area contributed by atoms with E-state index in [0.717, 1.165) is 5.56 Å². The van der Waals surface area contributed by atoms with Gasteiger partial charge in [-0.3, -0.25) is 4.79 Å². The van der Waals surface area contributed by atoms with E-state index in [2.05, 4.69) is 48.2 Å². The fourth-order valence-corrected chi connectivity index (χ4v) is 1.64. The van der Waals surface area contributed by atoms with Gasteiger partial charge >= 0.3 is 0 Å². The van der Waals surface area contributed by atoms with Crippen LogP contribution in [0.25, 0.3) is 6.08 Å². The molecule has 0 bridgehead atoms. The molecule has 0 unspecified atom stereocenters. The fourth-order valence-electron chi connectivity index (χ4n) is 1.64. The summed E-state index contributed by atoms with van der Waals surface area (Å²) in [5, 5.41) is 2.73. The maximum absolute atomic E-state index is 12.1. The lowest BCUT2D eigenvalue weighted by atomic mass is 9.95. The minimum atomic E-state index is -0.181. The Balaban J connectivity index is 2.05. The largest absolute Gasteiger partial charge is 0.306 e. The zero-order valence-corrected chi connectivity index (χ0v) is 12.5. The zero-order valence-electron chi connectivity index (χ0n) is 12.5. The molecule has 1 N–H and O–H groups in total. The average Bonchev–Trinajstić information content (AvgIpc) is 2.46. The highest BCUT2D eigenvalue weighted by molar-refractivity contribution is 6.03. The van der Waals surface area contributed by atoms with Crippen LogP contribution in [-0.4, -0.2) is 15.9 Å². The Bertz CT molecular complexity index is 625. The van der Waals surface area contributed by atoms with E-state index in [1.165, 1.54) is 6.33 Å². The van der Waals surface area contributed by atoms with Gasteiger partial charge in [-0.15, -0.1) is 0 Å². The highest BCUT2D eigenvalue weighted by Crippen LogP contribution is 2.17. The van der Waals surface area contributed by atoms with Crippen molar-refractivity contribution < 1.29 is 4.79 Å². The number of anilines is 1. The molecule has 1 aromatic carbocycles. The van der Waals surface area contributed by atoms with Crippen molar-refractivity contribution in [1.29, 1.82) is 0 Å². The molecule has 21 heavy (non-hydrogen) atoms. The smallest absolute Gasteiger partial charge is 0.256 e. The molecule has 0 aliphatic heterocycles. The lowest BCUT2D eigenvalue weighted by Gasteiger charge is -2.11. The van der Waals surface area contributed by atoms with E-state index in [9.17, 15) is 4.79 Å². The van der Waals surface area contributed by atoms with Gasteiger partial charge in [-0.2, -0.15) is 0 Å². The molecule has 4 nitrogen and oxygen atoms in total. The molecule has 4 heteroatoms. The molecular formula is C17H19N3O. The van der Waals surface area contributed by atoms with Gasteiger partial charge in [0, 0.05) is 11.8 Å². The molecule has 2 rings (SSSR count). The van der Waals surface area contributed by atoms with Crippen LogP contribution in [0.5, 0.6) is 0 Å². The molecule has 0 aliphatic rings. The maximum atomic E-state index is 12.1. The number of rotatable bonds is 3. The molecule has 1 amide bonds. The van der Waals surface area contributed by atoms with Gasteiger partial charge in [0.15, 0.2) is 0 Å². The standard InChI is InChI=1S/C17H19N3O/c1-17(2,3)10-8-13-4-6-14(7-5-13)16(21)20-15-9-11-18-12-19-15/h4-12H,1-3H3,(H,18,19,20,21)/b10-8+. The summed E-state index contributed by atoms with van der Waals surface area (Å²) in [6, 6.07) is 9.12. The number of hydrogen-bond donors (Lipinski definition) is 1. The van der Waals surface area contributed by atoms with Crippen LogP contribution in [0.3, 0.4) is 0 Å². The van der Waals surface area contributed by atoms with Crippen LogP contribution in [0, 0.1) is 5.41 Å². The number of amides is 1. The minimum absolute atomic E-state index is 0.142. The van der Waals surface area contributed by atoms with E-state index in [0.29, 0.717) is 11.4 Å². The molecule has 0 aliphatic carbocycles. The van der Waals surface area contributed by atoms with Crippen molar-refractivity contribution in [3.63, 3.8) is 0 Å². The monoisotopic (exact) mass is 281 g/mol. The molecule has 108 valence electrons. The number of hydrogen-bond acceptors (Lipinski definition) is 3. The van der Waals surface area contributed by atoms with Crippen molar-refractivity contribution >= 4 is 17.8 Å². The van der Waals surface area contributed by atoms with Crippen molar-refractivity contribution in [2.45, 2.75) is 20.8 Å². The van der Waals surface area contributed by atoms with Gasteiger partial charge in [0.2, 0.25) is 0 Å². The quantitative estimate of drug-likeness (QED) is 0.931. The third-order valence-corrected chi connectivity index (χ3v) is 2.77. The second-order valence-electron chi connectivity index (χ2n) is 5.87. The Morgan fingerprint density at radius 1 is 1.14 bits per heavy atom. The summed E-state index contributed by atoms with van der Waals surface area (Å²) in [5.74, 6) is 0.312. The van der Waals surface area contributed by atoms with Crippen LogP contribution >= 0.6 is 0 Å².